The smallest absolute Gasteiger partial charge is 0.266 e. The number of halogens is 1. The zero-order valence-electron chi connectivity index (χ0n) is 5.82. The third-order valence-electron chi connectivity index (χ3n) is 1.28. The molecule has 0 fully saturated rings. The Kier molecular flexibility index (Phi) is 3.84. The van der Waals surface area contributed by atoms with Gasteiger partial charge in [-0.1, -0.05) is 5.16 Å². The van der Waals surface area contributed by atoms with E-state index in [1.165, 1.54) is 0 Å². The fraction of sp³-hybridized carbons (Fsp3) is 0.600. The van der Waals surface area contributed by atoms with E-state index < -0.39 is 5.91 Å². The molecule has 1 aliphatic heterocycles. The van der Waals surface area contributed by atoms with E-state index in [1.807, 2.05) is 0 Å². The molecule has 1 atom stereocenters. The largest absolute Gasteiger partial charge is 0.390 e. The Morgan fingerprint density at radius 3 is 2.73 bits per heavy atom. The number of amides is 1. The number of rotatable bonds is 2. The molecular weight excluding hydrogens is 170 g/mol. The minimum Gasteiger partial charge on any atom is -0.390 e. The van der Waals surface area contributed by atoms with Gasteiger partial charge in [-0.3, -0.25) is 4.79 Å². The summed E-state index contributed by atoms with van der Waals surface area (Å²) in [5.74, 6) is -0.532. The molecule has 1 aliphatic rings. The van der Waals surface area contributed by atoms with Crippen LogP contribution in [0, 0.1) is 0 Å². The van der Waals surface area contributed by atoms with Gasteiger partial charge in [0.25, 0.3) is 5.91 Å². The third-order valence-corrected chi connectivity index (χ3v) is 1.28. The number of carbonyl (C=O) groups is 1. The van der Waals surface area contributed by atoms with Crippen LogP contribution < -0.4 is 11.5 Å². The molecule has 0 spiro atoms. The van der Waals surface area contributed by atoms with E-state index in [9.17, 15) is 4.79 Å². The molecule has 64 valence electrons. The van der Waals surface area contributed by atoms with Crippen LogP contribution in [0.1, 0.15) is 6.42 Å². The summed E-state index contributed by atoms with van der Waals surface area (Å²) in [7, 11) is 0. The standard InChI is InChI=1S/C5H9N3O2.ClH/c6-2-3-1-4(5(7)9)8-10-3;/h3H,1-2,6H2,(H2,7,9);1H. The summed E-state index contributed by atoms with van der Waals surface area (Å²) in [6, 6.07) is 0. The average Bonchev–Trinajstić information content (AvgIpc) is 2.34. The second-order valence-electron chi connectivity index (χ2n) is 2.07. The van der Waals surface area contributed by atoms with E-state index in [0.717, 1.165) is 0 Å². The minimum absolute atomic E-state index is 0. The first kappa shape index (κ1) is 10.2. The van der Waals surface area contributed by atoms with Gasteiger partial charge in [-0.2, -0.15) is 0 Å². The molecule has 0 aliphatic carbocycles. The molecule has 0 radical (unpaired) electrons. The number of hydrogen-bond acceptors (Lipinski definition) is 4. The van der Waals surface area contributed by atoms with Gasteiger partial charge in [0.1, 0.15) is 11.8 Å². The molecule has 0 bridgehead atoms. The third kappa shape index (κ3) is 2.36. The fourth-order valence-corrected chi connectivity index (χ4v) is 0.700. The lowest BCUT2D eigenvalue weighted by Gasteiger charge is -2.00. The molecule has 6 heteroatoms. The first-order valence-electron chi connectivity index (χ1n) is 2.96. The molecule has 0 aromatic carbocycles. The molecule has 0 aromatic rings. The van der Waals surface area contributed by atoms with Crippen LogP contribution in [0.3, 0.4) is 0 Å². The van der Waals surface area contributed by atoms with Crippen LogP contribution in [0.5, 0.6) is 0 Å². The first-order chi connectivity index (χ1) is 4.74. The van der Waals surface area contributed by atoms with Crippen LogP contribution in [0.25, 0.3) is 0 Å². The summed E-state index contributed by atoms with van der Waals surface area (Å²) in [6.07, 6.45) is 0.272. The van der Waals surface area contributed by atoms with E-state index in [2.05, 4.69) is 5.16 Å². The van der Waals surface area contributed by atoms with Crippen molar-refractivity contribution in [2.75, 3.05) is 6.54 Å². The summed E-state index contributed by atoms with van der Waals surface area (Å²) >= 11 is 0. The Morgan fingerprint density at radius 1 is 1.82 bits per heavy atom. The predicted molar refractivity (Wildman–Crippen MR) is 42.4 cm³/mol. The number of primary amides is 1. The quantitative estimate of drug-likeness (QED) is 0.570. The number of nitrogens with zero attached hydrogens (tertiary/aromatic N) is 1. The zero-order chi connectivity index (χ0) is 7.56. The lowest BCUT2D eigenvalue weighted by molar-refractivity contribution is -0.112. The van der Waals surface area contributed by atoms with Crippen LogP contribution in [-0.4, -0.2) is 24.3 Å². The highest BCUT2D eigenvalue weighted by molar-refractivity contribution is 6.38. The summed E-state index contributed by atoms with van der Waals surface area (Å²) in [6.45, 7) is 0.361. The molecule has 4 N–H and O–H groups in total. The maximum absolute atomic E-state index is 10.4. The molecule has 0 aromatic heterocycles. The van der Waals surface area contributed by atoms with Crippen LogP contribution in [0.2, 0.25) is 0 Å². The van der Waals surface area contributed by atoms with Crippen molar-refractivity contribution >= 4 is 24.0 Å². The van der Waals surface area contributed by atoms with Crippen molar-refractivity contribution in [1.29, 1.82) is 0 Å². The van der Waals surface area contributed by atoms with Gasteiger partial charge in [0.2, 0.25) is 0 Å². The summed E-state index contributed by atoms with van der Waals surface area (Å²) in [5.41, 5.74) is 10.4. The topological polar surface area (TPSA) is 90.7 Å². The molecule has 0 saturated heterocycles. The van der Waals surface area contributed by atoms with Gasteiger partial charge in [-0.05, 0) is 0 Å². The Hall–Kier alpha value is -0.810. The highest BCUT2D eigenvalue weighted by atomic mass is 35.5. The van der Waals surface area contributed by atoms with Gasteiger partial charge in [0.15, 0.2) is 0 Å². The van der Waals surface area contributed by atoms with Crippen LogP contribution in [-0.2, 0) is 9.63 Å². The molecule has 1 amide bonds. The van der Waals surface area contributed by atoms with Crippen molar-refractivity contribution in [3.8, 4) is 0 Å². The number of nitrogens with two attached hydrogens (primary N) is 2. The lowest BCUT2D eigenvalue weighted by Crippen LogP contribution is -2.26. The molecular formula is C5H10ClN3O2. The van der Waals surface area contributed by atoms with Crippen LogP contribution in [0.4, 0.5) is 0 Å². The molecule has 1 unspecified atom stereocenters. The van der Waals surface area contributed by atoms with Crippen molar-refractivity contribution < 1.29 is 9.63 Å². The normalized spacial score (nSPS) is 21.5. The van der Waals surface area contributed by atoms with Crippen LogP contribution >= 0.6 is 12.4 Å². The van der Waals surface area contributed by atoms with E-state index in [4.69, 9.17) is 16.3 Å². The van der Waals surface area contributed by atoms with E-state index in [0.29, 0.717) is 13.0 Å². The van der Waals surface area contributed by atoms with Crippen molar-refractivity contribution in [3.63, 3.8) is 0 Å². The summed E-state index contributed by atoms with van der Waals surface area (Å²) in [5, 5.41) is 3.45. The van der Waals surface area contributed by atoms with Crippen LogP contribution in [0.15, 0.2) is 5.16 Å². The number of oxime groups is 1. The van der Waals surface area contributed by atoms with Crippen molar-refractivity contribution in [3.05, 3.63) is 0 Å². The maximum Gasteiger partial charge on any atom is 0.266 e. The van der Waals surface area contributed by atoms with E-state index in [-0.39, 0.29) is 24.2 Å². The Morgan fingerprint density at radius 2 is 2.45 bits per heavy atom. The second kappa shape index (κ2) is 4.15. The number of hydrogen-bond donors (Lipinski definition) is 2. The van der Waals surface area contributed by atoms with Gasteiger partial charge in [0.05, 0.1) is 0 Å². The summed E-state index contributed by atoms with van der Waals surface area (Å²) in [4.78, 5) is 15.2. The average molecular weight is 180 g/mol. The predicted octanol–water partition coefficient (Wildman–Crippen LogP) is -1.00. The molecule has 5 nitrogen and oxygen atoms in total. The Labute approximate surface area is 70.2 Å². The van der Waals surface area contributed by atoms with Gasteiger partial charge in [-0.25, -0.2) is 0 Å². The second-order valence-corrected chi connectivity index (χ2v) is 2.07. The van der Waals surface area contributed by atoms with Gasteiger partial charge < -0.3 is 16.3 Å². The molecule has 1 heterocycles. The highest BCUT2D eigenvalue weighted by Crippen LogP contribution is 2.07. The molecule has 11 heavy (non-hydrogen) atoms. The van der Waals surface area contributed by atoms with Crippen molar-refractivity contribution in [2.45, 2.75) is 12.5 Å². The van der Waals surface area contributed by atoms with Gasteiger partial charge in [-0.15, -0.1) is 12.4 Å². The Balaban J connectivity index is 0.000001000. The highest BCUT2D eigenvalue weighted by Gasteiger charge is 2.22. The molecule has 0 saturated carbocycles. The first-order valence-corrected chi connectivity index (χ1v) is 2.96. The maximum atomic E-state index is 10.4. The van der Waals surface area contributed by atoms with Crippen molar-refractivity contribution in [2.24, 2.45) is 16.6 Å². The SMILES string of the molecule is Cl.NCC1CC(C(N)=O)=NO1. The fourth-order valence-electron chi connectivity index (χ4n) is 0.700. The monoisotopic (exact) mass is 179 g/mol. The number of carbonyl (C=O) groups excluding carboxylic acids is 1. The van der Waals surface area contributed by atoms with Crippen molar-refractivity contribution in [1.82, 2.24) is 0 Å². The van der Waals surface area contributed by atoms with Gasteiger partial charge >= 0.3 is 0 Å². The molecule has 1 rings (SSSR count). The van der Waals surface area contributed by atoms with Gasteiger partial charge in [0, 0.05) is 13.0 Å². The lowest BCUT2D eigenvalue weighted by atomic mass is 10.2. The van der Waals surface area contributed by atoms with E-state index >= 15 is 0 Å². The minimum atomic E-state index is -0.532. The summed E-state index contributed by atoms with van der Waals surface area (Å²) < 4.78 is 0. The Bertz CT molecular complexity index is 183. The zero-order valence-corrected chi connectivity index (χ0v) is 6.63. The van der Waals surface area contributed by atoms with E-state index in [1.54, 1.807) is 0 Å².